The molecule has 2 nitrogen and oxygen atoms in total. The first kappa shape index (κ1) is 23.5. The number of hydrogen-bond donors (Lipinski definition) is 0. The van der Waals surface area contributed by atoms with E-state index >= 15 is 0 Å². The minimum Gasteiger partial charge on any atom is -0.453 e. The van der Waals surface area contributed by atoms with Gasteiger partial charge in [-0.15, -0.1) is 0 Å². The lowest BCUT2D eigenvalue weighted by Crippen LogP contribution is -2.60. The first-order valence-electron chi connectivity index (χ1n) is 15.2. The van der Waals surface area contributed by atoms with E-state index in [0.717, 1.165) is 11.5 Å². The third-order valence-electron chi connectivity index (χ3n) is 10.4. The lowest BCUT2D eigenvalue weighted by Gasteiger charge is -2.51. The lowest BCUT2D eigenvalue weighted by atomic mass is 9.33. The van der Waals surface area contributed by atoms with Crippen molar-refractivity contribution in [2.24, 2.45) is 0 Å². The summed E-state index contributed by atoms with van der Waals surface area (Å²) in [5, 5.41) is 0. The van der Waals surface area contributed by atoms with Gasteiger partial charge in [-0.3, -0.25) is 0 Å². The third kappa shape index (κ3) is 2.64. The van der Waals surface area contributed by atoms with Crippen LogP contribution in [0, 0.1) is 20.8 Å². The number of aryl methyl sites for hydroxylation is 3. The largest absolute Gasteiger partial charge is 0.453 e. The van der Waals surface area contributed by atoms with Crippen molar-refractivity contribution >= 4 is 40.2 Å². The highest BCUT2D eigenvalue weighted by Gasteiger charge is 2.56. The highest BCUT2D eigenvalue weighted by Crippen LogP contribution is 2.66. The Kier molecular flexibility index (Phi) is 4.31. The third-order valence-corrected chi connectivity index (χ3v) is 10.4. The molecule has 0 saturated heterocycles. The van der Waals surface area contributed by atoms with Crippen molar-refractivity contribution in [3.05, 3.63) is 154 Å². The van der Waals surface area contributed by atoms with Crippen molar-refractivity contribution in [2.45, 2.75) is 26.2 Å². The maximum absolute atomic E-state index is 6.85. The van der Waals surface area contributed by atoms with Gasteiger partial charge in [0.2, 0.25) is 6.71 Å². The number of fused-ring (bicyclic) bond motifs is 7. The van der Waals surface area contributed by atoms with Gasteiger partial charge in [0.15, 0.2) is 11.5 Å². The van der Waals surface area contributed by atoms with Crippen molar-refractivity contribution in [3.63, 3.8) is 0 Å². The average Bonchev–Trinajstić information content (AvgIpc) is 3.31. The Labute approximate surface area is 252 Å². The van der Waals surface area contributed by atoms with Crippen LogP contribution in [0.1, 0.15) is 38.9 Å². The Morgan fingerprint density at radius 3 is 1.72 bits per heavy atom. The Balaban J connectivity index is 1.41. The second kappa shape index (κ2) is 7.87. The van der Waals surface area contributed by atoms with Crippen LogP contribution in [0.15, 0.2) is 115 Å². The second-order valence-electron chi connectivity index (χ2n) is 12.6. The zero-order valence-corrected chi connectivity index (χ0v) is 24.4. The van der Waals surface area contributed by atoms with E-state index in [0.29, 0.717) is 0 Å². The van der Waals surface area contributed by atoms with Crippen LogP contribution >= 0.6 is 0 Å². The SMILES string of the molecule is Cc1cc(C)c(B2c3cccc4c3N3c5c(cccc5C5(c6ccccc6-c6ccccc65)c5cccc2c53)O4)c(C)c1. The summed E-state index contributed by atoms with van der Waals surface area (Å²) >= 11 is 0. The fourth-order valence-electron chi connectivity index (χ4n) is 9.12. The molecule has 0 saturated carbocycles. The van der Waals surface area contributed by atoms with E-state index in [9.17, 15) is 0 Å². The number of nitrogens with zero attached hydrogens (tertiary/aromatic N) is 1. The minimum absolute atomic E-state index is 0.0982. The van der Waals surface area contributed by atoms with Crippen LogP contribution in [0.25, 0.3) is 11.1 Å². The van der Waals surface area contributed by atoms with Gasteiger partial charge < -0.3 is 9.64 Å². The first-order chi connectivity index (χ1) is 21.1. The van der Waals surface area contributed by atoms with Gasteiger partial charge >= 0.3 is 0 Å². The quantitative estimate of drug-likeness (QED) is 0.195. The Hall–Kier alpha value is -5.02. The van der Waals surface area contributed by atoms with E-state index in [1.54, 1.807) is 0 Å². The normalized spacial score (nSPS) is 15.1. The number of para-hydroxylation sites is 3. The van der Waals surface area contributed by atoms with Crippen LogP contribution in [0.2, 0.25) is 0 Å². The summed E-state index contributed by atoms with van der Waals surface area (Å²) in [6.45, 7) is 6.86. The minimum atomic E-state index is -0.449. The zero-order valence-electron chi connectivity index (χ0n) is 24.4. The summed E-state index contributed by atoms with van der Waals surface area (Å²) in [6.07, 6.45) is 0. The molecule has 1 aliphatic carbocycles. The van der Waals surface area contributed by atoms with Crippen molar-refractivity contribution in [1.29, 1.82) is 0 Å². The molecule has 0 amide bonds. The summed E-state index contributed by atoms with van der Waals surface area (Å²) in [7, 11) is 0. The van der Waals surface area contributed by atoms with Gasteiger partial charge in [-0.25, -0.2) is 0 Å². The zero-order chi connectivity index (χ0) is 28.6. The number of benzene rings is 6. The molecule has 0 N–H and O–H groups in total. The summed E-state index contributed by atoms with van der Waals surface area (Å²) < 4.78 is 6.85. The van der Waals surface area contributed by atoms with Crippen LogP contribution in [0.3, 0.4) is 0 Å². The van der Waals surface area contributed by atoms with Crippen molar-refractivity contribution in [2.75, 3.05) is 4.90 Å². The van der Waals surface area contributed by atoms with Crippen molar-refractivity contribution in [3.8, 4) is 22.6 Å². The molecule has 3 heterocycles. The smallest absolute Gasteiger partial charge is 0.247 e. The molecule has 0 radical (unpaired) electrons. The first-order valence-corrected chi connectivity index (χ1v) is 15.2. The molecule has 43 heavy (non-hydrogen) atoms. The summed E-state index contributed by atoms with van der Waals surface area (Å²) in [5.41, 5.74) is 19.2. The Morgan fingerprint density at radius 1 is 0.535 bits per heavy atom. The van der Waals surface area contributed by atoms with E-state index < -0.39 is 5.41 Å². The molecule has 0 fully saturated rings. The standard InChI is InChI=1S/C40H28BNO/c1-23-21-24(2)36(25(3)22-23)41-32-17-8-15-30-37(32)42-38-31(16-9-19-34(38)43-35-20-10-18-33(41)39(35)42)40(30)28-13-6-4-11-26(28)27-12-5-7-14-29(27)40/h4-22H,1-3H3. The molecule has 0 atom stereocenters. The monoisotopic (exact) mass is 549 g/mol. The lowest BCUT2D eigenvalue weighted by molar-refractivity contribution is 0.474. The Morgan fingerprint density at radius 2 is 1.05 bits per heavy atom. The molecule has 3 heteroatoms. The molecule has 6 aromatic carbocycles. The number of hydrogen-bond acceptors (Lipinski definition) is 2. The van der Waals surface area contributed by atoms with Gasteiger partial charge in [-0.05, 0) is 77.2 Å². The van der Waals surface area contributed by atoms with Gasteiger partial charge in [-0.1, -0.05) is 125 Å². The number of rotatable bonds is 1. The average molecular weight is 549 g/mol. The predicted octanol–water partition coefficient (Wildman–Crippen LogP) is 7.69. The number of anilines is 3. The van der Waals surface area contributed by atoms with E-state index in [2.05, 4.69) is 141 Å². The predicted molar refractivity (Wildman–Crippen MR) is 177 cm³/mol. The van der Waals surface area contributed by atoms with E-state index in [4.69, 9.17) is 4.74 Å². The van der Waals surface area contributed by atoms with Gasteiger partial charge in [-0.2, -0.15) is 0 Å². The van der Waals surface area contributed by atoms with Gasteiger partial charge in [0.25, 0.3) is 0 Å². The van der Waals surface area contributed by atoms with Gasteiger partial charge in [0.1, 0.15) is 0 Å². The van der Waals surface area contributed by atoms with Crippen molar-refractivity contribution in [1.82, 2.24) is 0 Å². The van der Waals surface area contributed by atoms with Crippen LogP contribution in [-0.4, -0.2) is 6.71 Å². The molecule has 0 aromatic heterocycles. The molecule has 6 aromatic rings. The van der Waals surface area contributed by atoms with Crippen LogP contribution in [0.5, 0.6) is 11.5 Å². The highest BCUT2D eigenvalue weighted by atomic mass is 16.5. The van der Waals surface area contributed by atoms with E-state index in [-0.39, 0.29) is 6.71 Å². The maximum atomic E-state index is 6.85. The highest BCUT2D eigenvalue weighted by molar-refractivity contribution is 6.98. The van der Waals surface area contributed by atoms with Crippen LogP contribution < -0.4 is 26.0 Å². The topological polar surface area (TPSA) is 12.5 Å². The molecule has 4 aliphatic rings. The molecule has 202 valence electrons. The fourth-order valence-corrected chi connectivity index (χ4v) is 9.12. The molecule has 0 unspecified atom stereocenters. The molecular formula is C40H28BNO. The van der Waals surface area contributed by atoms with E-state index in [1.807, 2.05) is 0 Å². The van der Waals surface area contributed by atoms with Crippen LogP contribution in [0.4, 0.5) is 17.1 Å². The van der Waals surface area contributed by atoms with Gasteiger partial charge in [0, 0.05) is 5.69 Å². The van der Waals surface area contributed by atoms with Gasteiger partial charge in [0.05, 0.1) is 16.8 Å². The molecular weight excluding hydrogens is 521 g/mol. The summed E-state index contributed by atoms with van der Waals surface area (Å²) in [4.78, 5) is 2.55. The molecule has 10 rings (SSSR count). The Bertz CT molecular complexity index is 2160. The van der Waals surface area contributed by atoms with E-state index in [1.165, 1.54) is 83.5 Å². The van der Waals surface area contributed by atoms with Crippen molar-refractivity contribution < 1.29 is 4.74 Å². The fraction of sp³-hybridized carbons (Fsp3) is 0.100. The molecule has 0 bridgehead atoms. The number of ether oxygens (including phenoxy) is 1. The molecule has 1 spiro atoms. The molecule has 3 aliphatic heterocycles. The maximum Gasteiger partial charge on any atom is 0.247 e. The van der Waals surface area contributed by atoms with Crippen LogP contribution in [-0.2, 0) is 5.41 Å². The second-order valence-corrected chi connectivity index (χ2v) is 12.6. The summed E-state index contributed by atoms with van der Waals surface area (Å²) in [5.74, 6) is 1.85. The summed E-state index contributed by atoms with van der Waals surface area (Å²) in [6, 6.07) is 43.1.